The first-order valence-corrected chi connectivity index (χ1v) is 10.2. The zero-order valence-electron chi connectivity index (χ0n) is 17.0. The molecular formula is C23H18F3NO5. The normalized spacial score (nSPS) is 27.3. The maximum Gasteiger partial charge on any atom is 0.428 e. The van der Waals surface area contributed by atoms with E-state index in [-0.39, 0.29) is 38.0 Å². The van der Waals surface area contributed by atoms with E-state index in [4.69, 9.17) is 18.9 Å². The lowest BCUT2D eigenvalue weighted by molar-refractivity contribution is -0.250. The molecule has 2 aromatic carbocycles. The van der Waals surface area contributed by atoms with E-state index in [1.54, 1.807) is 24.3 Å². The summed E-state index contributed by atoms with van der Waals surface area (Å²) in [5.41, 5.74) is -1.39. The summed E-state index contributed by atoms with van der Waals surface area (Å²) >= 11 is 0. The molecule has 0 saturated carbocycles. The van der Waals surface area contributed by atoms with Gasteiger partial charge >= 0.3 is 6.18 Å². The number of alkyl halides is 3. The van der Waals surface area contributed by atoms with Crippen LogP contribution in [0.15, 0.2) is 48.2 Å². The van der Waals surface area contributed by atoms with Crippen LogP contribution in [0.2, 0.25) is 0 Å². The average molecular weight is 445 g/mol. The molecule has 4 heterocycles. The Morgan fingerprint density at radius 1 is 1.03 bits per heavy atom. The molecule has 32 heavy (non-hydrogen) atoms. The van der Waals surface area contributed by atoms with Gasteiger partial charge in [0.1, 0.15) is 23.5 Å². The van der Waals surface area contributed by atoms with E-state index < -0.39 is 17.2 Å². The van der Waals surface area contributed by atoms with Crippen LogP contribution < -0.4 is 19.1 Å². The van der Waals surface area contributed by atoms with Gasteiger partial charge in [0.05, 0.1) is 6.54 Å². The number of rotatable bonds is 2. The molecule has 4 aliphatic heterocycles. The molecule has 166 valence electrons. The summed E-state index contributed by atoms with van der Waals surface area (Å²) in [5, 5.41) is 0. The average Bonchev–Trinajstić information content (AvgIpc) is 3.50. The van der Waals surface area contributed by atoms with Crippen LogP contribution in [0.3, 0.4) is 0 Å². The minimum absolute atomic E-state index is 0.0811. The third-order valence-electron chi connectivity index (χ3n) is 6.63. The minimum Gasteiger partial charge on any atom is -0.491 e. The van der Waals surface area contributed by atoms with Crippen LogP contribution in [0.25, 0.3) is 0 Å². The molecule has 6 rings (SSSR count). The van der Waals surface area contributed by atoms with E-state index in [0.29, 0.717) is 28.5 Å². The lowest BCUT2D eigenvalue weighted by Crippen LogP contribution is -2.44. The molecule has 0 aliphatic carbocycles. The molecule has 2 unspecified atom stereocenters. The molecule has 0 radical (unpaired) electrons. The largest absolute Gasteiger partial charge is 0.491 e. The summed E-state index contributed by atoms with van der Waals surface area (Å²) in [6.07, 6.45) is -3.40. The molecule has 0 saturated heterocycles. The van der Waals surface area contributed by atoms with Crippen LogP contribution in [0, 0.1) is 0 Å². The number of ether oxygens (including phenoxy) is 4. The summed E-state index contributed by atoms with van der Waals surface area (Å²) in [4.78, 5) is 15.3. The quantitative estimate of drug-likeness (QED) is 0.698. The highest BCUT2D eigenvalue weighted by atomic mass is 19.4. The Bertz CT molecular complexity index is 1190. The number of para-hydroxylation sites is 1. The molecular weight excluding hydrogens is 427 g/mol. The van der Waals surface area contributed by atoms with Crippen LogP contribution in [0.1, 0.15) is 24.5 Å². The number of hydrogen-bond donors (Lipinski definition) is 0. The Morgan fingerprint density at radius 2 is 1.78 bits per heavy atom. The molecule has 9 heteroatoms. The van der Waals surface area contributed by atoms with E-state index in [1.165, 1.54) is 11.0 Å². The van der Waals surface area contributed by atoms with Gasteiger partial charge in [-0.3, -0.25) is 4.79 Å². The van der Waals surface area contributed by atoms with Gasteiger partial charge in [0.15, 0.2) is 11.5 Å². The fourth-order valence-corrected chi connectivity index (χ4v) is 4.83. The molecule has 0 bridgehead atoms. The van der Waals surface area contributed by atoms with Crippen molar-refractivity contribution in [3.05, 3.63) is 59.4 Å². The molecule has 1 spiro atoms. The van der Waals surface area contributed by atoms with Gasteiger partial charge in [-0.1, -0.05) is 18.2 Å². The summed E-state index contributed by atoms with van der Waals surface area (Å²) in [5.74, 6) is 1.45. The van der Waals surface area contributed by atoms with Gasteiger partial charge in [-0.05, 0) is 30.7 Å². The number of anilines is 1. The summed E-state index contributed by atoms with van der Waals surface area (Å²) in [6, 6.07) is 10.7. The van der Waals surface area contributed by atoms with E-state index >= 15 is 0 Å². The third-order valence-corrected chi connectivity index (χ3v) is 6.63. The van der Waals surface area contributed by atoms with Gasteiger partial charge in [-0.25, -0.2) is 0 Å². The van der Waals surface area contributed by atoms with Crippen molar-refractivity contribution >= 4 is 11.6 Å². The number of amides is 1. The molecule has 0 aromatic heterocycles. The van der Waals surface area contributed by atoms with Crippen LogP contribution >= 0.6 is 0 Å². The van der Waals surface area contributed by atoms with Crippen molar-refractivity contribution in [2.75, 3.05) is 24.8 Å². The SMILES string of the molecule is CC1(C(F)(F)F)CC=C(CN2C(=O)C3(COc4cc5c(cc43)OCO5)c3ccccc32)O1. The summed E-state index contributed by atoms with van der Waals surface area (Å²) < 4.78 is 62.3. The number of hydrogen-bond acceptors (Lipinski definition) is 5. The van der Waals surface area contributed by atoms with Crippen molar-refractivity contribution in [1.82, 2.24) is 0 Å². The van der Waals surface area contributed by atoms with Crippen molar-refractivity contribution in [3.8, 4) is 17.2 Å². The van der Waals surface area contributed by atoms with Gasteiger partial charge in [0.2, 0.25) is 18.3 Å². The van der Waals surface area contributed by atoms with E-state index in [0.717, 1.165) is 12.5 Å². The van der Waals surface area contributed by atoms with Crippen molar-refractivity contribution in [2.45, 2.75) is 30.5 Å². The van der Waals surface area contributed by atoms with Gasteiger partial charge in [-0.2, -0.15) is 13.2 Å². The number of nitrogens with zero attached hydrogens (tertiary/aromatic N) is 1. The second kappa shape index (κ2) is 6.11. The van der Waals surface area contributed by atoms with E-state index in [1.807, 2.05) is 12.1 Å². The fourth-order valence-electron chi connectivity index (χ4n) is 4.83. The first-order valence-electron chi connectivity index (χ1n) is 10.2. The maximum atomic E-state index is 13.9. The summed E-state index contributed by atoms with van der Waals surface area (Å²) in [7, 11) is 0. The predicted octanol–water partition coefficient (Wildman–Crippen LogP) is 4.07. The van der Waals surface area contributed by atoms with Crippen LogP contribution in [-0.4, -0.2) is 37.6 Å². The Balaban J connectivity index is 1.39. The van der Waals surface area contributed by atoms with Gasteiger partial charge < -0.3 is 23.8 Å². The zero-order chi connectivity index (χ0) is 22.3. The van der Waals surface area contributed by atoms with E-state index in [9.17, 15) is 18.0 Å². The smallest absolute Gasteiger partial charge is 0.428 e. The molecule has 1 amide bonds. The Kier molecular flexibility index (Phi) is 3.69. The predicted molar refractivity (Wildman–Crippen MR) is 106 cm³/mol. The zero-order valence-corrected chi connectivity index (χ0v) is 17.0. The topological polar surface area (TPSA) is 57.2 Å². The first-order chi connectivity index (χ1) is 15.2. The Labute approximate surface area is 181 Å². The maximum absolute atomic E-state index is 13.9. The highest BCUT2D eigenvalue weighted by Crippen LogP contribution is 2.55. The fraction of sp³-hybridized carbons (Fsp3) is 0.348. The second-order valence-electron chi connectivity index (χ2n) is 8.51. The van der Waals surface area contributed by atoms with Crippen LogP contribution in [0.5, 0.6) is 17.2 Å². The minimum atomic E-state index is -4.51. The number of fused-ring (bicyclic) bond motifs is 5. The van der Waals surface area contributed by atoms with Gasteiger partial charge in [0.25, 0.3) is 0 Å². The number of benzene rings is 2. The molecule has 2 aromatic rings. The standard InChI is InChI=1S/C23H18F3NO5/c1-21(23(24,25)26)7-6-13(32-21)10-27-16-5-3-2-4-14(16)22(20(27)28)11-29-17-9-19-18(8-15(17)22)30-12-31-19/h2-6,8-9H,7,10-12H2,1H3. The lowest BCUT2D eigenvalue weighted by Gasteiger charge is -2.29. The molecule has 2 atom stereocenters. The van der Waals surface area contributed by atoms with Gasteiger partial charge in [-0.15, -0.1) is 0 Å². The highest BCUT2D eigenvalue weighted by molar-refractivity contribution is 6.11. The highest BCUT2D eigenvalue weighted by Gasteiger charge is 2.59. The van der Waals surface area contributed by atoms with Crippen molar-refractivity contribution in [2.24, 2.45) is 0 Å². The summed E-state index contributed by atoms with van der Waals surface area (Å²) in [6.45, 7) is 1.09. The molecule has 6 nitrogen and oxygen atoms in total. The van der Waals surface area contributed by atoms with E-state index in [2.05, 4.69) is 0 Å². The third kappa shape index (κ3) is 2.39. The van der Waals surface area contributed by atoms with Crippen molar-refractivity contribution < 1.29 is 36.9 Å². The number of halogens is 3. The lowest BCUT2D eigenvalue weighted by atomic mass is 9.77. The Morgan fingerprint density at radius 3 is 2.53 bits per heavy atom. The second-order valence-corrected chi connectivity index (χ2v) is 8.51. The van der Waals surface area contributed by atoms with Crippen molar-refractivity contribution in [1.29, 1.82) is 0 Å². The monoisotopic (exact) mass is 445 g/mol. The Hall–Kier alpha value is -3.36. The molecule has 0 N–H and O–H groups in total. The molecule has 4 aliphatic rings. The molecule has 0 fully saturated rings. The number of carbonyl (C=O) groups is 1. The van der Waals surface area contributed by atoms with Crippen LogP contribution in [0.4, 0.5) is 18.9 Å². The van der Waals surface area contributed by atoms with Crippen LogP contribution in [-0.2, 0) is 14.9 Å². The first kappa shape index (κ1) is 19.3. The van der Waals surface area contributed by atoms with Crippen molar-refractivity contribution in [3.63, 3.8) is 0 Å². The number of carbonyl (C=O) groups excluding carboxylic acids is 1. The van der Waals surface area contributed by atoms with Gasteiger partial charge in [0, 0.05) is 23.7 Å².